The Balaban J connectivity index is 1.74. The van der Waals surface area contributed by atoms with E-state index in [9.17, 15) is 9.59 Å². The van der Waals surface area contributed by atoms with Gasteiger partial charge in [-0.3, -0.25) is 4.79 Å². The monoisotopic (exact) mass is 475 g/mol. The second-order valence-electron chi connectivity index (χ2n) is 10.4. The van der Waals surface area contributed by atoms with Crippen LogP contribution in [0.25, 0.3) is 0 Å². The molecule has 190 valence electrons. The van der Waals surface area contributed by atoms with Gasteiger partial charge in [0.15, 0.2) is 0 Å². The van der Waals surface area contributed by atoms with Crippen molar-refractivity contribution in [3.63, 3.8) is 0 Å². The van der Waals surface area contributed by atoms with E-state index in [1.807, 2.05) is 57.0 Å². The predicted octanol–water partition coefficient (Wildman–Crippen LogP) is 3.55. The average Bonchev–Trinajstić information content (AvgIpc) is 2.79. The number of benzene rings is 1. The van der Waals surface area contributed by atoms with Gasteiger partial charge >= 0.3 is 6.09 Å². The molecule has 0 atom stereocenters. The summed E-state index contributed by atoms with van der Waals surface area (Å²) in [5.41, 5.74) is 0.0136. The van der Waals surface area contributed by atoms with E-state index in [0.717, 1.165) is 38.8 Å². The summed E-state index contributed by atoms with van der Waals surface area (Å²) in [7, 11) is 1.87. The Kier molecular flexibility index (Phi) is 9.19. The van der Waals surface area contributed by atoms with Crippen LogP contribution in [0, 0.1) is 5.41 Å². The highest BCUT2D eigenvalue weighted by Crippen LogP contribution is 2.38. The smallest absolute Gasteiger partial charge is 0.410 e. The number of piperidine rings is 1. The molecule has 0 saturated carbocycles. The van der Waals surface area contributed by atoms with Gasteiger partial charge in [0.05, 0.1) is 18.8 Å². The minimum atomic E-state index is -0.508. The van der Waals surface area contributed by atoms with E-state index in [4.69, 9.17) is 14.2 Å². The number of hydrogen-bond acceptors (Lipinski definition) is 6. The van der Waals surface area contributed by atoms with E-state index < -0.39 is 5.60 Å². The molecule has 0 radical (unpaired) electrons. The molecule has 1 saturated heterocycles. The molecule has 0 aliphatic carbocycles. The van der Waals surface area contributed by atoms with Crippen molar-refractivity contribution in [1.82, 2.24) is 15.1 Å². The maximum atomic E-state index is 13.4. The molecule has 1 aromatic rings. The summed E-state index contributed by atoms with van der Waals surface area (Å²) >= 11 is 0. The molecular formula is C26H41N3O5. The van der Waals surface area contributed by atoms with Crippen molar-refractivity contribution < 1.29 is 23.8 Å². The molecule has 2 aliphatic heterocycles. The van der Waals surface area contributed by atoms with Gasteiger partial charge in [-0.15, -0.1) is 0 Å². The molecule has 2 aliphatic rings. The topological polar surface area (TPSA) is 80.3 Å². The number of nitrogens with one attached hydrogen (secondary N) is 1. The van der Waals surface area contributed by atoms with Crippen molar-refractivity contribution in [2.45, 2.75) is 52.1 Å². The number of likely N-dealkylation sites (tertiary alicyclic amines) is 1. The fourth-order valence-electron chi connectivity index (χ4n) is 4.70. The Morgan fingerprint density at radius 1 is 1.06 bits per heavy atom. The van der Waals surface area contributed by atoms with Gasteiger partial charge in [0, 0.05) is 33.2 Å². The van der Waals surface area contributed by atoms with E-state index >= 15 is 0 Å². The van der Waals surface area contributed by atoms with Gasteiger partial charge < -0.3 is 29.3 Å². The molecule has 0 unspecified atom stereocenters. The van der Waals surface area contributed by atoms with Crippen molar-refractivity contribution in [2.75, 3.05) is 59.6 Å². The second-order valence-corrected chi connectivity index (χ2v) is 10.4. The zero-order chi connectivity index (χ0) is 24.6. The standard InChI is InChI=1S/C26H41N3O5/c1-25(2,3)34-24(31)29-15-11-26(12-16-29)10-7-13-27-14-17-32-18-19-33-22-9-6-5-8-21(22)23(30)28(4)20-26/h5-6,8-9,27H,7,10-20H2,1-4H3. The van der Waals surface area contributed by atoms with E-state index in [-0.39, 0.29) is 17.4 Å². The number of para-hydroxylation sites is 1. The zero-order valence-corrected chi connectivity index (χ0v) is 21.2. The maximum Gasteiger partial charge on any atom is 0.410 e. The second kappa shape index (κ2) is 11.9. The van der Waals surface area contributed by atoms with Crippen LogP contribution in [0.3, 0.4) is 0 Å². The van der Waals surface area contributed by atoms with Crippen molar-refractivity contribution in [3.05, 3.63) is 29.8 Å². The van der Waals surface area contributed by atoms with E-state index in [1.165, 1.54) is 0 Å². The minimum Gasteiger partial charge on any atom is -0.490 e. The van der Waals surface area contributed by atoms with Crippen LogP contribution in [-0.2, 0) is 9.47 Å². The van der Waals surface area contributed by atoms with Gasteiger partial charge in [-0.2, -0.15) is 0 Å². The van der Waals surface area contributed by atoms with Gasteiger partial charge in [0.1, 0.15) is 18.0 Å². The van der Waals surface area contributed by atoms with E-state index in [1.54, 1.807) is 4.90 Å². The fraction of sp³-hybridized carbons (Fsp3) is 0.692. The number of fused-ring (bicyclic) bond motifs is 1. The molecule has 1 fully saturated rings. The Labute approximate surface area is 203 Å². The van der Waals surface area contributed by atoms with Crippen molar-refractivity contribution in [3.8, 4) is 5.75 Å². The van der Waals surface area contributed by atoms with Crippen LogP contribution in [-0.4, -0.2) is 87.0 Å². The number of rotatable bonds is 0. The van der Waals surface area contributed by atoms with Gasteiger partial charge in [0.25, 0.3) is 5.91 Å². The molecule has 0 aromatic heterocycles. The molecule has 2 heterocycles. The number of amides is 2. The first kappa shape index (κ1) is 26.3. The lowest BCUT2D eigenvalue weighted by molar-refractivity contribution is 0.00370. The lowest BCUT2D eigenvalue weighted by Gasteiger charge is -2.44. The molecule has 1 aromatic carbocycles. The Morgan fingerprint density at radius 2 is 1.79 bits per heavy atom. The summed E-state index contributed by atoms with van der Waals surface area (Å²) in [5.74, 6) is 0.539. The van der Waals surface area contributed by atoms with E-state index in [0.29, 0.717) is 50.8 Å². The Hall–Kier alpha value is -2.32. The largest absolute Gasteiger partial charge is 0.490 e. The van der Waals surface area contributed by atoms with Crippen LogP contribution in [0.15, 0.2) is 24.3 Å². The van der Waals surface area contributed by atoms with Crippen molar-refractivity contribution in [2.24, 2.45) is 5.41 Å². The van der Waals surface area contributed by atoms with Crippen LogP contribution in [0.2, 0.25) is 0 Å². The van der Waals surface area contributed by atoms with Gasteiger partial charge in [0.2, 0.25) is 0 Å². The highest BCUT2D eigenvalue weighted by atomic mass is 16.6. The van der Waals surface area contributed by atoms with Crippen molar-refractivity contribution >= 4 is 12.0 Å². The number of nitrogens with zero attached hydrogens (tertiary/aromatic N) is 2. The minimum absolute atomic E-state index is 0.0457. The van der Waals surface area contributed by atoms with Gasteiger partial charge in [-0.05, 0) is 70.5 Å². The lowest BCUT2D eigenvalue weighted by Crippen LogP contribution is -2.49. The lowest BCUT2D eigenvalue weighted by atomic mass is 9.74. The molecule has 8 heteroatoms. The summed E-state index contributed by atoms with van der Waals surface area (Å²) in [4.78, 5) is 29.6. The summed E-state index contributed by atoms with van der Waals surface area (Å²) < 4.78 is 17.1. The number of ether oxygens (including phenoxy) is 3. The third-order valence-corrected chi connectivity index (χ3v) is 6.48. The normalized spacial score (nSPS) is 21.0. The first-order valence-electron chi connectivity index (χ1n) is 12.4. The molecule has 0 bridgehead atoms. The van der Waals surface area contributed by atoms with Crippen LogP contribution in [0.4, 0.5) is 4.79 Å². The van der Waals surface area contributed by atoms with Gasteiger partial charge in [-0.25, -0.2) is 4.79 Å². The number of carbonyl (C=O) groups is 2. The highest BCUT2D eigenvalue weighted by Gasteiger charge is 2.38. The first-order valence-corrected chi connectivity index (χ1v) is 12.4. The summed E-state index contributed by atoms with van der Waals surface area (Å²) in [6, 6.07) is 7.40. The molecule has 1 N–H and O–H groups in total. The van der Waals surface area contributed by atoms with E-state index in [2.05, 4.69) is 5.32 Å². The van der Waals surface area contributed by atoms with Crippen LogP contribution in [0.1, 0.15) is 56.8 Å². The third kappa shape index (κ3) is 7.60. The van der Waals surface area contributed by atoms with Crippen LogP contribution >= 0.6 is 0 Å². The fourth-order valence-corrected chi connectivity index (χ4v) is 4.70. The average molecular weight is 476 g/mol. The summed E-state index contributed by atoms with van der Waals surface area (Å²) in [6.45, 7) is 10.8. The zero-order valence-electron chi connectivity index (χ0n) is 21.2. The van der Waals surface area contributed by atoms with Crippen LogP contribution in [0.5, 0.6) is 5.75 Å². The molecule has 1 spiro atoms. The number of carbonyl (C=O) groups excluding carboxylic acids is 2. The number of hydrogen-bond donors (Lipinski definition) is 1. The first-order chi connectivity index (χ1) is 16.2. The molecule has 34 heavy (non-hydrogen) atoms. The Bertz CT molecular complexity index is 815. The summed E-state index contributed by atoms with van der Waals surface area (Å²) in [6.07, 6.45) is 3.41. The Morgan fingerprint density at radius 3 is 2.53 bits per heavy atom. The summed E-state index contributed by atoms with van der Waals surface area (Å²) in [5, 5.41) is 3.45. The molecule has 2 amide bonds. The van der Waals surface area contributed by atoms with Crippen LogP contribution < -0.4 is 10.1 Å². The molecule has 8 nitrogen and oxygen atoms in total. The quantitative estimate of drug-likeness (QED) is 0.618. The maximum absolute atomic E-state index is 13.4. The predicted molar refractivity (Wildman–Crippen MR) is 131 cm³/mol. The van der Waals surface area contributed by atoms with Gasteiger partial charge in [-0.1, -0.05) is 12.1 Å². The molecule has 3 rings (SSSR count). The SMILES string of the molecule is CN1CC2(CCCNCCOCCOc3ccccc3C1=O)CCN(C(=O)OC(C)(C)C)CC2. The van der Waals surface area contributed by atoms with Crippen molar-refractivity contribution in [1.29, 1.82) is 0 Å². The molecular weight excluding hydrogens is 434 g/mol. The third-order valence-electron chi connectivity index (χ3n) is 6.48. The highest BCUT2D eigenvalue weighted by molar-refractivity contribution is 5.96.